The zero-order valence-corrected chi connectivity index (χ0v) is 11.0. The summed E-state index contributed by atoms with van der Waals surface area (Å²) in [6, 6.07) is 4.76. The van der Waals surface area contributed by atoms with Crippen LogP contribution in [0.25, 0.3) is 11.4 Å². The summed E-state index contributed by atoms with van der Waals surface area (Å²) in [5.74, 6) is 0.914. The number of phenols is 1. The van der Waals surface area contributed by atoms with E-state index in [0.717, 1.165) is 0 Å². The number of ether oxygens (including phenoxy) is 1. The molecule has 0 aliphatic carbocycles. The lowest BCUT2D eigenvalue weighted by atomic mass is 10.0. The van der Waals surface area contributed by atoms with Crippen LogP contribution in [0.15, 0.2) is 22.7 Å². The Hall–Kier alpha value is -2.12. The highest BCUT2D eigenvalue weighted by atomic mass is 16.5. The highest BCUT2D eigenvalue weighted by molar-refractivity contribution is 5.60. The molecule has 0 radical (unpaired) electrons. The van der Waals surface area contributed by atoms with Gasteiger partial charge in [0.25, 0.3) is 5.89 Å². The van der Waals surface area contributed by atoms with E-state index in [1.807, 2.05) is 0 Å². The maximum Gasteiger partial charge on any atom is 0.260 e. The van der Waals surface area contributed by atoms with Gasteiger partial charge in [0.1, 0.15) is 0 Å². The molecule has 1 fully saturated rings. The molecule has 3 N–H and O–H groups in total. The van der Waals surface area contributed by atoms with Crippen molar-refractivity contribution in [3.05, 3.63) is 24.1 Å². The second-order valence-electron chi connectivity index (χ2n) is 4.77. The van der Waals surface area contributed by atoms with Crippen LogP contribution in [0.3, 0.4) is 0 Å². The summed E-state index contributed by atoms with van der Waals surface area (Å²) >= 11 is 0. The molecule has 1 aromatic heterocycles. The van der Waals surface area contributed by atoms with Gasteiger partial charge < -0.3 is 24.8 Å². The van der Waals surface area contributed by atoms with E-state index >= 15 is 0 Å². The number of aromatic nitrogens is 2. The highest BCUT2D eigenvalue weighted by Gasteiger charge is 2.38. The van der Waals surface area contributed by atoms with E-state index in [9.17, 15) is 10.2 Å². The number of nitrogens with one attached hydrogen (secondary N) is 1. The fraction of sp³-hybridized carbons (Fsp3) is 0.385. The van der Waals surface area contributed by atoms with Crippen molar-refractivity contribution in [3.8, 4) is 22.9 Å². The van der Waals surface area contributed by atoms with E-state index in [4.69, 9.17) is 9.26 Å². The second-order valence-corrected chi connectivity index (χ2v) is 4.77. The van der Waals surface area contributed by atoms with Crippen LogP contribution in [0.2, 0.25) is 0 Å². The number of hydrogen-bond donors (Lipinski definition) is 3. The van der Waals surface area contributed by atoms with Crippen molar-refractivity contribution in [2.75, 3.05) is 20.2 Å². The molecule has 1 aliphatic heterocycles. The largest absolute Gasteiger partial charge is 0.504 e. The van der Waals surface area contributed by atoms with Gasteiger partial charge in [-0.25, -0.2) is 0 Å². The minimum Gasteiger partial charge on any atom is -0.504 e. The van der Waals surface area contributed by atoms with Crippen molar-refractivity contribution in [2.24, 2.45) is 0 Å². The highest BCUT2D eigenvalue weighted by Crippen LogP contribution is 2.32. The van der Waals surface area contributed by atoms with Crippen molar-refractivity contribution in [3.63, 3.8) is 0 Å². The summed E-state index contributed by atoms with van der Waals surface area (Å²) in [7, 11) is 1.47. The summed E-state index contributed by atoms with van der Waals surface area (Å²) in [5.41, 5.74) is -0.462. The van der Waals surface area contributed by atoms with Crippen molar-refractivity contribution in [1.82, 2.24) is 15.5 Å². The van der Waals surface area contributed by atoms with Crippen molar-refractivity contribution < 1.29 is 19.5 Å². The molecule has 1 atom stereocenters. The molecule has 7 nitrogen and oxygen atoms in total. The number of phenolic OH excluding ortho intramolecular Hbond substituents is 1. The van der Waals surface area contributed by atoms with Crippen LogP contribution in [0.5, 0.6) is 11.5 Å². The first-order chi connectivity index (χ1) is 9.62. The van der Waals surface area contributed by atoms with Gasteiger partial charge in [0.05, 0.1) is 7.11 Å². The van der Waals surface area contributed by atoms with Crippen LogP contribution in [0.1, 0.15) is 12.3 Å². The van der Waals surface area contributed by atoms with Crippen LogP contribution >= 0.6 is 0 Å². The Balaban J connectivity index is 1.94. The zero-order valence-electron chi connectivity index (χ0n) is 11.0. The molecule has 2 aromatic rings. The Morgan fingerprint density at radius 3 is 3.00 bits per heavy atom. The van der Waals surface area contributed by atoms with E-state index < -0.39 is 5.60 Å². The summed E-state index contributed by atoms with van der Waals surface area (Å²) in [6.45, 7) is 1.11. The summed E-state index contributed by atoms with van der Waals surface area (Å²) < 4.78 is 10.2. The molecular weight excluding hydrogens is 262 g/mol. The lowest BCUT2D eigenvalue weighted by Gasteiger charge is -2.14. The normalized spacial score (nSPS) is 22.1. The average Bonchev–Trinajstić information content (AvgIpc) is 3.09. The lowest BCUT2D eigenvalue weighted by Crippen LogP contribution is -2.28. The maximum atomic E-state index is 10.3. The summed E-state index contributed by atoms with van der Waals surface area (Å²) in [4.78, 5) is 4.23. The molecule has 3 rings (SSSR count). The van der Waals surface area contributed by atoms with Crippen LogP contribution in [0, 0.1) is 0 Å². The quantitative estimate of drug-likeness (QED) is 0.756. The van der Waals surface area contributed by atoms with Gasteiger partial charge in [0.2, 0.25) is 5.82 Å². The predicted molar refractivity (Wildman–Crippen MR) is 69.3 cm³/mol. The van der Waals surface area contributed by atoms with E-state index in [-0.39, 0.29) is 11.6 Å². The third-order valence-corrected chi connectivity index (χ3v) is 3.39. The molecule has 106 valence electrons. The Morgan fingerprint density at radius 1 is 1.45 bits per heavy atom. The number of methoxy groups -OCH3 is 1. The van der Waals surface area contributed by atoms with Crippen LogP contribution in [-0.4, -0.2) is 40.6 Å². The minimum absolute atomic E-state index is 0.0404. The number of rotatable bonds is 3. The Labute approximate surface area is 115 Å². The third kappa shape index (κ3) is 2.10. The molecule has 1 unspecified atom stereocenters. The van der Waals surface area contributed by atoms with Gasteiger partial charge in [0, 0.05) is 12.1 Å². The first-order valence-corrected chi connectivity index (χ1v) is 6.27. The number of benzene rings is 1. The number of nitrogens with zero attached hydrogens (tertiary/aromatic N) is 2. The van der Waals surface area contributed by atoms with E-state index in [1.165, 1.54) is 13.2 Å². The van der Waals surface area contributed by atoms with Gasteiger partial charge in [-0.1, -0.05) is 5.16 Å². The minimum atomic E-state index is -1.10. The first kappa shape index (κ1) is 12.9. The molecule has 0 saturated carbocycles. The molecule has 0 spiro atoms. The maximum absolute atomic E-state index is 10.3. The number of β-amino-alcohol motifs (C(OH)–C–C–N with tert-alkyl or cyclic N) is 1. The fourth-order valence-electron chi connectivity index (χ4n) is 2.21. The molecule has 2 heterocycles. The van der Waals surface area contributed by atoms with Crippen molar-refractivity contribution in [2.45, 2.75) is 12.0 Å². The standard InChI is InChI=1S/C13H15N3O4/c1-19-10-6-8(2-3-9(10)17)11-15-12(20-16-11)13(18)4-5-14-7-13/h2-3,6,14,17-18H,4-5,7H2,1H3. The van der Waals surface area contributed by atoms with Crippen molar-refractivity contribution in [1.29, 1.82) is 0 Å². The molecule has 0 bridgehead atoms. The molecule has 20 heavy (non-hydrogen) atoms. The molecule has 0 amide bonds. The number of hydrogen-bond acceptors (Lipinski definition) is 7. The van der Waals surface area contributed by atoms with Crippen LogP contribution < -0.4 is 10.1 Å². The van der Waals surface area contributed by atoms with E-state index in [0.29, 0.717) is 36.6 Å². The van der Waals surface area contributed by atoms with Gasteiger partial charge >= 0.3 is 0 Å². The SMILES string of the molecule is COc1cc(-c2noc(C3(O)CCNC3)n2)ccc1O. The topological polar surface area (TPSA) is 101 Å². The molecule has 1 aliphatic rings. The average molecular weight is 277 g/mol. The Kier molecular flexibility index (Phi) is 3.07. The van der Waals surface area contributed by atoms with Gasteiger partial charge in [-0.2, -0.15) is 4.98 Å². The fourth-order valence-corrected chi connectivity index (χ4v) is 2.21. The van der Waals surface area contributed by atoms with Gasteiger partial charge in [-0.15, -0.1) is 0 Å². The van der Waals surface area contributed by atoms with E-state index in [1.54, 1.807) is 12.1 Å². The van der Waals surface area contributed by atoms with Crippen LogP contribution in [0.4, 0.5) is 0 Å². The lowest BCUT2D eigenvalue weighted by molar-refractivity contribution is 0.0243. The van der Waals surface area contributed by atoms with E-state index in [2.05, 4.69) is 15.5 Å². The zero-order chi connectivity index (χ0) is 14.2. The number of aromatic hydroxyl groups is 1. The van der Waals surface area contributed by atoms with Gasteiger partial charge in [-0.3, -0.25) is 0 Å². The van der Waals surface area contributed by atoms with Gasteiger partial charge in [0.15, 0.2) is 17.1 Å². The number of aliphatic hydroxyl groups is 1. The predicted octanol–water partition coefficient (Wildman–Crippen LogP) is 0.632. The molecule has 1 aromatic carbocycles. The third-order valence-electron chi connectivity index (χ3n) is 3.39. The Bertz CT molecular complexity index is 620. The molecular formula is C13H15N3O4. The van der Waals surface area contributed by atoms with Crippen LogP contribution in [-0.2, 0) is 5.60 Å². The smallest absolute Gasteiger partial charge is 0.260 e. The molecule has 7 heteroatoms. The second kappa shape index (κ2) is 4.77. The van der Waals surface area contributed by atoms with Crippen molar-refractivity contribution >= 4 is 0 Å². The first-order valence-electron chi connectivity index (χ1n) is 6.27. The summed E-state index contributed by atoms with van der Waals surface area (Å²) in [6.07, 6.45) is 0.535. The van der Waals surface area contributed by atoms with Gasteiger partial charge in [-0.05, 0) is 31.2 Å². The monoisotopic (exact) mass is 277 g/mol. The Morgan fingerprint density at radius 2 is 2.30 bits per heavy atom. The summed E-state index contributed by atoms with van der Waals surface area (Å²) in [5, 5.41) is 26.8. The molecule has 1 saturated heterocycles.